The molecule has 2 heterocycles. The number of nitrogens with zero attached hydrogens (tertiary/aromatic N) is 2. The van der Waals surface area contributed by atoms with Crippen LogP contribution < -0.4 is 14.8 Å². The molecule has 0 aliphatic rings. The smallest absolute Gasteiger partial charge is 0.264 e. The molecule has 28 heavy (non-hydrogen) atoms. The number of hydrogen-bond donors (Lipinski definition) is 1. The van der Waals surface area contributed by atoms with Crippen molar-refractivity contribution in [3.8, 4) is 17.4 Å². The van der Waals surface area contributed by atoms with Gasteiger partial charge in [-0.05, 0) is 48.5 Å². The molecule has 0 aliphatic heterocycles. The fraction of sp³-hybridized carbons (Fsp3) is 0.0500. The van der Waals surface area contributed by atoms with Crippen LogP contribution in [0.3, 0.4) is 0 Å². The van der Waals surface area contributed by atoms with E-state index in [2.05, 4.69) is 15.3 Å². The van der Waals surface area contributed by atoms with Crippen LogP contribution in [0.5, 0.6) is 17.4 Å². The second-order valence-corrected chi connectivity index (χ2v) is 7.18. The van der Waals surface area contributed by atoms with Gasteiger partial charge in [-0.1, -0.05) is 29.0 Å². The lowest BCUT2D eigenvalue weighted by Gasteiger charge is -2.07. The van der Waals surface area contributed by atoms with Gasteiger partial charge in [0, 0.05) is 17.3 Å². The van der Waals surface area contributed by atoms with E-state index in [-0.39, 0.29) is 12.5 Å². The zero-order chi connectivity index (χ0) is 19.3. The lowest BCUT2D eigenvalue weighted by Crippen LogP contribution is -2.19. The first-order valence-corrected chi connectivity index (χ1v) is 9.53. The van der Waals surface area contributed by atoms with Gasteiger partial charge in [-0.15, -0.1) is 0 Å². The normalized spacial score (nSPS) is 10.6. The highest BCUT2D eigenvalue weighted by atomic mass is 35.5. The number of fused-ring (bicyclic) bond motifs is 1. The number of hydrogen-bond acceptors (Lipinski definition) is 6. The highest BCUT2D eigenvalue weighted by Crippen LogP contribution is 2.28. The van der Waals surface area contributed by atoms with Crippen molar-refractivity contribution >= 4 is 44.2 Å². The summed E-state index contributed by atoms with van der Waals surface area (Å²) in [5.41, 5.74) is 0.786. The Bertz CT molecular complexity index is 1100. The monoisotopic (exact) mass is 411 g/mol. The van der Waals surface area contributed by atoms with Crippen molar-refractivity contribution in [2.24, 2.45) is 0 Å². The molecule has 0 fully saturated rings. The summed E-state index contributed by atoms with van der Waals surface area (Å²) in [5, 5.41) is 3.87. The number of rotatable bonds is 6. The van der Waals surface area contributed by atoms with Crippen LogP contribution in [0.4, 0.5) is 5.13 Å². The zero-order valence-electron chi connectivity index (χ0n) is 14.5. The van der Waals surface area contributed by atoms with Crippen molar-refractivity contribution in [3.05, 3.63) is 71.9 Å². The van der Waals surface area contributed by atoms with Crippen LogP contribution in [0.15, 0.2) is 66.9 Å². The number of pyridine rings is 1. The predicted octanol–water partition coefficient (Wildman–Crippen LogP) is 5.15. The van der Waals surface area contributed by atoms with E-state index in [0.29, 0.717) is 27.5 Å². The van der Waals surface area contributed by atoms with Crippen LogP contribution >= 0.6 is 22.9 Å². The average molecular weight is 412 g/mol. The van der Waals surface area contributed by atoms with Gasteiger partial charge in [0.2, 0.25) is 5.88 Å². The quantitative estimate of drug-likeness (QED) is 0.474. The van der Waals surface area contributed by atoms with Gasteiger partial charge in [-0.2, -0.15) is 0 Å². The number of halogens is 1. The lowest BCUT2D eigenvalue weighted by molar-refractivity contribution is -0.118. The SMILES string of the molecule is O=C(COc1ccc(Oc2ccccn2)cc1)Nc1nc2ccc(Cl)cc2s1. The Labute approximate surface area is 169 Å². The summed E-state index contributed by atoms with van der Waals surface area (Å²) in [4.78, 5) is 20.6. The minimum atomic E-state index is -0.293. The topological polar surface area (TPSA) is 73.3 Å². The molecule has 1 N–H and O–H groups in total. The molecule has 0 saturated heterocycles. The average Bonchev–Trinajstić information content (AvgIpc) is 3.09. The summed E-state index contributed by atoms with van der Waals surface area (Å²) in [5.74, 6) is 1.40. The molecule has 8 heteroatoms. The minimum absolute atomic E-state index is 0.128. The van der Waals surface area contributed by atoms with Gasteiger partial charge in [0.1, 0.15) is 11.5 Å². The van der Waals surface area contributed by atoms with E-state index in [9.17, 15) is 4.79 Å². The lowest BCUT2D eigenvalue weighted by atomic mass is 10.3. The number of aromatic nitrogens is 2. The van der Waals surface area contributed by atoms with E-state index in [4.69, 9.17) is 21.1 Å². The molecule has 140 valence electrons. The van der Waals surface area contributed by atoms with E-state index >= 15 is 0 Å². The summed E-state index contributed by atoms with van der Waals surface area (Å²) >= 11 is 7.33. The summed E-state index contributed by atoms with van der Waals surface area (Å²) in [6.07, 6.45) is 1.66. The molecule has 0 saturated carbocycles. The predicted molar refractivity (Wildman–Crippen MR) is 110 cm³/mol. The number of nitrogens with one attached hydrogen (secondary N) is 1. The maximum Gasteiger partial charge on any atom is 0.264 e. The summed E-state index contributed by atoms with van der Waals surface area (Å²) in [7, 11) is 0. The van der Waals surface area contributed by atoms with Gasteiger partial charge in [-0.3, -0.25) is 10.1 Å². The van der Waals surface area contributed by atoms with Gasteiger partial charge in [0.15, 0.2) is 11.7 Å². The molecule has 0 atom stereocenters. The van der Waals surface area contributed by atoms with Crippen LogP contribution in [-0.4, -0.2) is 22.5 Å². The van der Waals surface area contributed by atoms with Crippen LogP contribution in [0.2, 0.25) is 5.02 Å². The molecular formula is C20H14ClN3O3S. The second kappa shape index (κ2) is 8.24. The third kappa shape index (κ3) is 4.57. The minimum Gasteiger partial charge on any atom is -0.484 e. The van der Waals surface area contributed by atoms with Gasteiger partial charge >= 0.3 is 0 Å². The highest BCUT2D eigenvalue weighted by Gasteiger charge is 2.09. The van der Waals surface area contributed by atoms with Gasteiger partial charge < -0.3 is 9.47 Å². The molecular weight excluding hydrogens is 398 g/mol. The maximum absolute atomic E-state index is 12.1. The Kier molecular flexibility index (Phi) is 5.36. The van der Waals surface area contributed by atoms with Crippen molar-refractivity contribution in [2.75, 3.05) is 11.9 Å². The molecule has 0 unspecified atom stereocenters. The van der Waals surface area contributed by atoms with Crippen molar-refractivity contribution in [3.63, 3.8) is 0 Å². The van der Waals surface area contributed by atoms with Crippen LogP contribution in [-0.2, 0) is 4.79 Å². The van der Waals surface area contributed by atoms with E-state index in [1.807, 2.05) is 24.3 Å². The number of ether oxygens (including phenoxy) is 2. The van der Waals surface area contributed by atoms with E-state index in [0.717, 1.165) is 10.2 Å². The Morgan fingerprint density at radius 1 is 1.07 bits per heavy atom. The van der Waals surface area contributed by atoms with Crippen LogP contribution in [0.1, 0.15) is 0 Å². The number of amides is 1. The number of carbonyl (C=O) groups is 1. The Morgan fingerprint density at radius 2 is 1.89 bits per heavy atom. The number of benzene rings is 2. The molecule has 2 aromatic heterocycles. The third-order valence-electron chi connectivity index (χ3n) is 3.65. The van der Waals surface area contributed by atoms with E-state index in [1.54, 1.807) is 42.6 Å². The molecule has 0 radical (unpaired) electrons. The fourth-order valence-corrected chi connectivity index (χ4v) is 3.55. The standard InChI is InChI=1S/C20H14ClN3O3S/c21-13-4-9-16-17(11-13)28-20(23-16)24-18(25)12-26-14-5-7-15(8-6-14)27-19-3-1-2-10-22-19/h1-11H,12H2,(H,23,24,25). The molecule has 0 aliphatic carbocycles. The molecule has 6 nitrogen and oxygen atoms in total. The third-order valence-corrected chi connectivity index (χ3v) is 4.82. The number of carbonyl (C=O) groups excluding carboxylic acids is 1. The van der Waals surface area contributed by atoms with Crippen molar-refractivity contribution in [1.82, 2.24) is 9.97 Å². The largest absolute Gasteiger partial charge is 0.484 e. The van der Waals surface area contributed by atoms with Gasteiger partial charge in [0.05, 0.1) is 10.2 Å². The van der Waals surface area contributed by atoms with Gasteiger partial charge in [0.25, 0.3) is 5.91 Å². The van der Waals surface area contributed by atoms with E-state index in [1.165, 1.54) is 11.3 Å². The van der Waals surface area contributed by atoms with Crippen molar-refractivity contribution in [1.29, 1.82) is 0 Å². The molecule has 2 aromatic carbocycles. The molecule has 4 aromatic rings. The van der Waals surface area contributed by atoms with Crippen LogP contribution in [0, 0.1) is 0 Å². The fourth-order valence-electron chi connectivity index (χ4n) is 2.39. The van der Waals surface area contributed by atoms with Crippen LogP contribution in [0.25, 0.3) is 10.2 Å². The Hall–Kier alpha value is -3.16. The Morgan fingerprint density at radius 3 is 2.68 bits per heavy atom. The van der Waals surface area contributed by atoms with Crippen molar-refractivity contribution in [2.45, 2.75) is 0 Å². The zero-order valence-corrected chi connectivity index (χ0v) is 16.0. The first-order valence-electron chi connectivity index (χ1n) is 8.33. The molecule has 4 rings (SSSR count). The first-order chi connectivity index (χ1) is 13.7. The van der Waals surface area contributed by atoms with Gasteiger partial charge in [-0.25, -0.2) is 9.97 Å². The Balaban J connectivity index is 1.31. The number of thiazole rings is 1. The van der Waals surface area contributed by atoms with Crippen molar-refractivity contribution < 1.29 is 14.3 Å². The second-order valence-electron chi connectivity index (χ2n) is 5.71. The summed E-state index contributed by atoms with van der Waals surface area (Å²) in [6.45, 7) is -0.128. The first kappa shape index (κ1) is 18.2. The molecule has 1 amide bonds. The number of anilines is 1. The maximum atomic E-state index is 12.1. The molecule has 0 spiro atoms. The summed E-state index contributed by atoms with van der Waals surface area (Å²) < 4.78 is 12.0. The molecule has 0 bridgehead atoms. The summed E-state index contributed by atoms with van der Waals surface area (Å²) in [6, 6.07) is 17.8. The van der Waals surface area contributed by atoms with E-state index < -0.39 is 0 Å². The highest BCUT2D eigenvalue weighted by molar-refractivity contribution is 7.22.